The number of benzene rings is 3. The first-order valence-electron chi connectivity index (χ1n) is 15.2. The van der Waals surface area contributed by atoms with Crippen LogP contribution in [-0.4, -0.2) is 55.7 Å². The van der Waals surface area contributed by atoms with Gasteiger partial charge in [0.25, 0.3) is 0 Å². The van der Waals surface area contributed by atoms with E-state index in [0.717, 1.165) is 29.5 Å². The fourth-order valence-corrected chi connectivity index (χ4v) is 7.00. The Bertz CT molecular complexity index is 1630. The van der Waals surface area contributed by atoms with Crippen molar-refractivity contribution in [1.82, 2.24) is 14.5 Å². The van der Waals surface area contributed by atoms with E-state index in [-0.39, 0.29) is 36.2 Å². The van der Waals surface area contributed by atoms with Gasteiger partial charge in [0, 0.05) is 32.5 Å². The second kappa shape index (κ2) is 15.0. The molecule has 1 saturated heterocycles. The lowest BCUT2D eigenvalue weighted by Crippen LogP contribution is -2.50. The lowest BCUT2D eigenvalue weighted by molar-refractivity contribution is -0.141. The van der Waals surface area contributed by atoms with Gasteiger partial charge >= 0.3 is 0 Å². The van der Waals surface area contributed by atoms with Crippen molar-refractivity contribution in [2.24, 2.45) is 0 Å². The minimum absolute atomic E-state index is 0.144. The van der Waals surface area contributed by atoms with Gasteiger partial charge in [0.05, 0.1) is 24.8 Å². The molecule has 0 saturated carbocycles. The standard InChI is InChI=1S/C35H39N3O6S/c1-43-30-16-11-29(12-17-30)26-38(33(24-28-8-3-2-4-9-28)35(40)36-25-31-10-7-23-44-31)34(39)20-15-27-13-18-32(19-14-27)45(41,42)37-21-5-6-22-37/h2-4,7-14,16-19,23,33H,5-6,15,20-22,24-26H2,1H3,(H,36,40)/t33-/m0/s1. The van der Waals surface area contributed by atoms with Crippen molar-refractivity contribution in [1.29, 1.82) is 0 Å². The molecule has 236 valence electrons. The summed E-state index contributed by atoms with van der Waals surface area (Å²) in [7, 11) is -1.92. The molecule has 0 aliphatic carbocycles. The number of ether oxygens (including phenoxy) is 1. The molecule has 1 aromatic heterocycles. The maximum absolute atomic E-state index is 14.0. The SMILES string of the molecule is COc1ccc(CN(C(=O)CCc2ccc(S(=O)(=O)N3CCCC3)cc2)[C@@H](Cc2ccccc2)C(=O)NCc2ccco2)cc1. The molecular weight excluding hydrogens is 590 g/mol. The van der Waals surface area contributed by atoms with Crippen LogP contribution in [0.1, 0.15) is 41.7 Å². The van der Waals surface area contributed by atoms with Gasteiger partial charge in [-0.1, -0.05) is 54.6 Å². The molecule has 1 N–H and O–H groups in total. The van der Waals surface area contributed by atoms with Crippen molar-refractivity contribution in [2.45, 2.75) is 56.1 Å². The first-order chi connectivity index (χ1) is 21.8. The fraction of sp³-hybridized carbons (Fsp3) is 0.314. The highest BCUT2D eigenvalue weighted by Gasteiger charge is 2.31. The van der Waals surface area contributed by atoms with Crippen LogP contribution in [0.5, 0.6) is 5.75 Å². The highest BCUT2D eigenvalue weighted by atomic mass is 32.2. The number of nitrogens with zero attached hydrogens (tertiary/aromatic N) is 2. The topological polar surface area (TPSA) is 109 Å². The van der Waals surface area contributed by atoms with E-state index in [4.69, 9.17) is 9.15 Å². The third kappa shape index (κ3) is 8.40. The molecule has 0 spiro atoms. The molecule has 2 amide bonds. The molecule has 5 rings (SSSR count). The molecule has 3 aromatic carbocycles. The molecular formula is C35H39N3O6S. The average Bonchev–Trinajstić information content (AvgIpc) is 3.81. The summed E-state index contributed by atoms with van der Waals surface area (Å²) in [6.45, 7) is 1.51. The highest BCUT2D eigenvalue weighted by Crippen LogP contribution is 2.23. The fourth-order valence-electron chi connectivity index (χ4n) is 5.49. The third-order valence-corrected chi connectivity index (χ3v) is 9.97. The Kier molecular flexibility index (Phi) is 10.7. The first kappa shape index (κ1) is 32.0. The molecule has 0 bridgehead atoms. The van der Waals surface area contributed by atoms with Crippen molar-refractivity contribution < 1.29 is 27.2 Å². The van der Waals surface area contributed by atoms with Gasteiger partial charge in [0.15, 0.2) is 0 Å². The summed E-state index contributed by atoms with van der Waals surface area (Å²) < 4.78 is 38.1. The zero-order valence-corrected chi connectivity index (χ0v) is 26.2. The molecule has 4 aromatic rings. The van der Waals surface area contributed by atoms with Gasteiger partial charge in [-0.2, -0.15) is 4.31 Å². The number of carbonyl (C=O) groups excluding carboxylic acids is 2. The van der Waals surface area contributed by atoms with Crippen LogP contribution in [0.15, 0.2) is 107 Å². The summed E-state index contributed by atoms with van der Waals surface area (Å²) in [6.07, 6.45) is 4.17. The van der Waals surface area contributed by atoms with Crippen LogP contribution in [0.25, 0.3) is 0 Å². The van der Waals surface area contributed by atoms with Crippen LogP contribution in [0.2, 0.25) is 0 Å². The van der Waals surface area contributed by atoms with Crippen molar-refractivity contribution in [3.05, 3.63) is 120 Å². The number of methoxy groups -OCH3 is 1. The van der Waals surface area contributed by atoms with Gasteiger partial charge in [-0.25, -0.2) is 8.42 Å². The highest BCUT2D eigenvalue weighted by molar-refractivity contribution is 7.89. The van der Waals surface area contributed by atoms with Crippen molar-refractivity contribution >= 4 is 21.8 Å². The molecule has 10 heteroatoms. The molecule has 1 fully saturated rings. The Balaban J connectivity index is 1.36. The van der Waals surface area contributed by atoms with Crippen molar-refractivity contribution in [3.8, 4) is 5.75 Å². The number of carbonyl (C=O) groups is 2. The zero-order chi connectivity index (χ0) is 31.6. The van der Waals surface area contributed by atoms with Crippen LogP contribution in [0.3, 0.4) is 0 Å². The number of hydrogen-bond acceptors (Lipinski definition) is 6. The quantitative estimate of drug-likeness (QED) is 0.211. The average molecular weight is 630 g/mol. The summed E-state index contributed by atoms with van der Waals surface area (Å²) in [6, 6.07) is 26.6. The summed E-state index contributed by atoms with van der Waals surface area (Å²) in [5.74, 6) is 0.844. The smallest absolute Gasteiger partial charge is 0.243 e. The molecule has 1 aliphatic rings. The van der Waals surface area contributed by atoms with Crippen LogP contribution >= 0.6 is 0 Å². The van der Waals surface area contributed by atoms with E-state index in [1.807, 2.05) is 54.6 Å². The Morgan fingerprint density at radius 3 is 2.22 bits per heavy atom. The van der Waals surface area contributed by atoms with Gasteiger partial charge < -0.3 is 19.4 Å². The third-order valence-electron chi connectivity index (χ3n) is 8.05. The Morgan fingerprint density at radius 1 is 0.889 bits per heavy atom. The van der Waals surface area contributed by atoms with E-state index in [1.54, 1.807) is 54.7 Å². The summed E-state index contributed by atoms with van der Waals surface area (Å²) in [5.41, 5.74) is 2.63. The minimum Gasteiger partial charge on any atom is -0.497 e. The predicted molar refractivity (Wildman–Crippen MR) is 171 cm³/mol. The van der Waals surface area contributed by atoms with E-state index in [0.29, 0.717) is 37.4 Å². The first-order valence-corrected chi connectivity index (χ1v) is 16.6. The van der Waals surface area contributed by atoms with E-state index in [9.17, 15) is 18.0 Å². The second-order valence-electron chi connectivity index (χ2n) is 11.1. The molecule has 2 heterocycles. The number of furan rings is 1. The number of rotatable bonds is 14. The molecule has 1 atom stereocenters. The number of amides is 2. The lowest BCUT2D eigenvalue weighted by atomic mass is 10.0. The molecule has 0 radical (unpaired) electrons. The maximum atomic E-state index is 14.0. The molecule has 1 aliphatic heterocycles. The monoisotopic (exact) mass is 629 g/mol. The van der Waals surface area contributed by atoms with E-state index in [2.05, 4.69) is 5.32 Å². The Morgan fingerprint density at radius 2 is 1.58 bits per heavy atom. The Hall–Kier alpha value is -4.41. The lowest BCUT2D eigenvalue weighted by Gasteiger charge is -2.31. The van der Waals surface area contributed by atoms with E-state index < -0.39 is 16.1 Å². The van der Waals surface area contributed by atoms with Crippen LogP contribution in [-0.2, 0) is 45.5 Å². The van der Waals surface area contributed by atoms with Gasteiger partial charge in [0.1, 0.15) is 17.6 Å². The number of sulfonamides is 1. The zero-order valence-electron chi connectivity index (χ0n) is 25.4. The number of aryl methyl sites for hydroxylation is 1. The summed E-state index contributed by atoms with van der Waals surface area (Å²) in [5, 5.41) is 2.95. The van der Waals surface area contributed by atoms with Crippen LogP contribution in [0.4, 0.5) is 0 Å². The molecule has 45 heavy (non-hydrogen) atoms. The molecule has 9 nitrogen and oxygen atoms in total. The number of nitrogens with one attached hydrogen (secondary N) is 1. The van der Waals surface area contributed by atoms with Gasteiger partial charge in [0.2, 0.25) is 21.8 Å². The number of hydrogen-bond donors (Lipinski definition) is 1. The maximum Gasteiger partial charge on any atom is 0.243 e. The summed E-state index contributed by atoms with van der Waals surface area (Å²) >= 11 is 0. The Labute approximate surface area is 264 Å². The largest absolute Gasteiger partial charge is 0.497 e. The minimum atomic E-state index is -3.51. The normalized spacial score (nSPS) is 14.2. The second-order valence-corrected chi connectivity index (χ2v) is 13.1. The van der Waals surface area contributed by atoms with E-state index >= 15 is 0 Å². The van der Waals surface area contributed by atoms with Crippen molar-refractivity contribution in [2.75, 3.05) is 20.2 Å². The predicted octanol–water partition coefficient (Wildman–Crippen LogP) is 4.96. The van der Waals surface area contributed by atoms with Crippen LogP contribution < -0.4 is 10.1 Å². The van der Waals surface area contributed by atoms with Gasteiger partial charge in [-0.3, -0.25) is 9.59 Å². The van der Waals surface area contributed by atoms with E-state index in [1.165, 1.54) is 4.31 Å². The van der Waals surface area contributed by atoms with Gasteiger partial charge in [-0.15, -0.1) is 0 Å². The van der Waals surface area contributed by atoms with Crippen molar-refractivity contribution in [3.63, 3.8) is 0 Å². The summed E-state index contributed by atoms with van der Waals surface area (Å²) in [4.78, 5) is 29.7. The molecule has 0 unspecified atom stereocenters. The van der Waals surface area contributed by atoms with Crippen LogP contribution in [0, 0.1) is 0 Å². The van der Waals surface area contributed by atoms with Gasteiger partial charge in [-0.05, 0) is 72.4 Å².